The summed E-state index contributed by atoms with van der Waals surface area (Å²) in [4.78, 5) is 21.8. The molecule has 13 heteroatoms. The molecular formula is C25H24ClF6N3O3. The zero-order chi connectivity index (χ0) is 27.8. The van der Waals surface area contributed by atoms with E-state index in [-0.39, 0.29) is 0 Å². The molecule has 0 unspecified atom stereocenters. The molecule has 0 spiro atoms. The molecular weight excluding hydrogens is 540 g/mol. The SMILES string of the molecule is Cc1cc(Cl)ccc1Nc1cc2c3c(c1)[C@@H]1CNCC[C@@H]1N3CCOC2.O=C(C(=O)C(F)(F)F)C(F)(F)F. The van der Waals surface area contributed by atoms with Crippen LogP contribution in [-0.2, 0) is 20.9 Å². The molecule has 2 N–H and O–H groups in total. The number of ether oxygens (including phenoxy) is 1. The molecule has 0 saturated carbocycles. The molecule has 2 aromatic carbocycles. The van der Waals surface area contributed by atoms with Crippen LogP contribution in [0.4, 0.5) is 43.4 Å². The third kappa shape index (κ3) is 5.92. The standard InChI is InChI=1S/C21H24ClN3O.C4F6O2/c1-13-8-15(22)2-3-19(13)24-16-9-14-12-26-7-6-25-20-4-5-23-11-18(20)17(10-16)21(14)25;5-3(6,7)1(11)2(12)4(8,9)10/h2-3,8-10,18,20,23-24H,4-7,11-12H2,1H3;/t18-,20-;/m0./s1. The van der Waals surface area contributed by atoms with Gasteiger partial charge < -0.3 is 20.3 Å². The Bertz CT molecular complexity index is 1210. The van der Waals surface area contributed by atoms with Crippen molar-refractivity contribution in [3.05, 3.63) is 52.0 Å². The molecule has 3 aliphatic heterocycles. The second kappa shape index (κ2) is 10.7. The normalized spacial score (nSPS) is 20.5. The third-order valence-electron chi connectivity index (χ3n) is 6.67. The monoisotopic (exact) mass is 563 g/mol. The van der Waals surface area contributed by atoms with Crippen molar-refractivity contribution < 1.29 is 40.7 Å². The summed E-state index contributed by atoms with van der Waals surface area (Å²) in [6.45, 7) is 6.77. The Kier molecular flexibility index (Phi) is 7.96. The Morgan fingerprint density at radius 3 is 2.39 bits per heavy atom. The van der Waals surface area contributed by atoms with Crippen LogP contribution in [0.5, 0.6) is 0 Å². The van der Waals surface area contributed by atoms with Crippen molar-refractivity contribution in [1.29, 1.82) is 0 Å². The van der Waals surface area contributed by atoms with Crippen LogP contribution >= 0.6 is 11.6 Å². The zero-order valence-corrected chi connectivity index (χ0v) is 20.9. The van der Waals surface area contributed by atoms with Crippen molar-refractivity contribution in [1.82, 2.24) is 5.32 Å². The fraction of sp³-hybridized carbons (Fsp3) is 0.440. The number of carbonyl (C=O) groups excluding carboxylic acids is 2. The van der Waals surface area contributed by atoms with Gasteiger partial charge in [0.2, 0.25) is 0 Å². The molecule has 3 aliphatic rings. The highest BCUT2D eigenvalue weighted by Gasteiger charge is 2.54. The van der Waals surface area contributed by atoms with Crippen LogP contribution in [0.15, 0.2) is 30.3 Å². The average Bonchev–Trinajstić information content (AvgIpc) is 2.99. The molecule has 0 aliphatic carbocycles. The maximum Gasteiger partial charge on any atom is 0.458 e. The Morgan fingerprint density at radius 2 is 1.76 bits per heavy atom. The molecule has 2 atom stereocenters. The van der Waals surface area contributed by atoms with Crippen molar-refractivity contribution in [2.75, 3.05) is 36.5 Å². The number of halogens is 7. The predicted octanol–water partition coefficient (Wildman–Crippen LogP) is 5.44. The van der Waals surface area contributed by atoms with Gasteiger partial charge in [0.1, 0.15) is 0 Å². The third-order valence-corrected chi connectivity index (χ3v) is 6.91. The number of hydrogen-bond acceptors (Lipinski definition) is 6. The molecule has 38 heavy (non-hydrogen) atoms. The number of carbonyl (C=O) groups is 2. The average molecular weight is 564 g/mol. The number of ketones is 2. The molecule has 0 aromatic heterocycles. The van der Waals surface area contributed by atoms with Crippen LogP contribution < -0.4 is 15.5 Å². The van der Waals surface area contributed by atoms with Gasteiger partial charge >= 0.3 is 23.9 Å². The largest absolute Gasteiger partial charge is 0.458 e. The zero-order valence-electron chi connectivity index (χ0n) is 20.1. The Balaban J connectivity index is 0.000000240. The summed E-state index contributed by atoms with van der Waals surface area (Å²) in [6, 6.07) is 11.2. The van der Waals surface area contributed by atoms with Crippen molar-refractivity contribution >= 4 is 40.2 Å². The van der Waals surface area contributed by atoms with Gasteiger partial charge in [-0.05, 0) is 61.3 Å². The van der Waals surface area contributed by atoms with Crippen molar-refractivity contribution in [3.63, 3.8) is 0 Å². The van der Waals surface area contributed by atoms with Crippen molar-refractivity contribution in [2.45, 2.75) is 44.3 Å². The van der Waals surface area contributed by atoms with Gasteiger partial charge in [-0.2, -0.15) is 26.3 Å². The smallest absolute Gasteiger partial charge is 0.375 e. The Morgan fingerprint density at radius 1 is 1.08 bits per heavy atom. The topological polar surface area (TPSA) is 70.7 Å². The van der Waals surface area contributed by atoms with E-state index in [4.69, 9.17) is 16.3 Å². The van der Waals surface area contributed by atoms with Gasteiger partial charge in [-0.15, -0.1) is 0 Å². The minimum Gasteiger partial charge on any atom is -0.375 e. The molecule has 5 rings (SSSR count). The molecule has 0 radical (unpaired) electrons. The van der Waals surface area contributed by atoms with Gasteiger partial charge in [0.25, 0.3) is 0 Å². The lowest BCUT2D eigenvalue weighted by atomic mass is 9.89. The van der Waals surface area contributed by atoms with Crippen LogP contribution in [0.3, 0.4) is 0 Å². The van der Waals surface area contributed by atoms with E-state index in [9.17, 15) is 35.9 Å². The molecule has 2 aromatic rings. The first kappa shape index (κ1) is 28.2. The minimum absolute atomic E-state index is 0.573. The summed E-state index contributed by atoms with van der Waals surface area (Å²) in [7, 11) is 0. The summed E-state index contributed by atoms with van der Waals surface area (Å²) < 4.78 is 72.9. The van der Waals surface area contributed by atoms with Gasteiger partial charge in [-0.1, -0.05) is 11.6 Å². The molecule has 1 fully saturated rings. The lowest BCUT2D eigenvalue weighted by molar-refractivity contribution is -0.193. The summed E-state index contributed by atoms with van der Waals surface area (Å²) in [5, 5.41) is 7.97. The predicted molar refractivity (Wildman–Crippen MR) is 129 cm³/mol. The highest BCUT2D eigenvalue weighted by Crippen LogP contribution is 2.47. The van der Waals surface area contributed by atoms with E-state index < -0.39 is 23.9 Å². The van der Waals surface area contributed by atoms with Crippen LogP contribution in [0.1, 0.15) is 29.0 Å². The maximum atomic E-state index is 11.2. The lowest BCUT2D eigenvalue weighted by Gasteiger charge is -2.33. The number of hydrogen-bond donors (Lipinski definition) is 2. The van der Waals surface area contributed by atoms with Crippen LogP contribution in [0.25, 0.3) is 0 Å². The number of Topliss-reactive ketones (excluding diaryl/α,β-unsaturated/α-hetero) is 2. The Labute approximate surface area is 219 Å². The number of alkyl halides is 6. The van der Waals surface area contributed by atoms with Crippen molar-refractivity contribution in [2.24, 2.45) is 0 Å². The van der Waals surface area contributed by atoms with E-state index >= 15 is 0 Å². The number of nitrogens with zero attached hydrogens (tertiary/aromatic N) is 1. The lowest BCUT2D eigenvalue weighted by Crippen LogP contribution is -2.44. The fourth-order valence-electron chi connectivity index (χ4n) is 5.04. The Hall–Kier alpha value is -2.83. The first-order valence-electron chi connectivity index (χ1n) is 11.7. The number of rotatable bonds is 3. The number of piperidine rings is 1. The molecule has 3 heterocycles. The van der Waals surface area contributed by atoms with E-state index in [1.165, 1.54) is 23.2 Å². The molecule has 0 bridgehead atoms. The molecule has 6 nitrogen and oxygen atoms in total. The summed E-state index contributed by atoms with van der Waals surface area (Å²) in [5.74, 6) is -6.24. The van der Waals surface area contributed by atoms with Gasteiger partial charge in [0.05, 0.1) is 13.2 Å². The fourth-order valence-corrected chi connectivity index (χ4v) is 5.26. The summed E-state index contributed by atoms with van der Waals surface area (Å²) >= 11 is 6.11. The minimum atomic E-state index is -5.77. The van der Waals surface area contributed by atoms with Gasteiger partial charge in [0.15, 0.2) is 0 Å². The highest BCUT2D eigenvalue weighted by atomic mass is 35.5. The summed E-state index contributed by atoms with van der Waals surface area (Å²) in [6.07, 6.45) is -10.3. The van der Waals surface area contributed by atoms with Gasteiger partial charge in [0, 0.05) is 52.7 Å². The second-order valence-corrected chi connectivity index (χ2v) is 9.66. The highest BCUT2D eigenvalue weighted by molar-refractivity contribution is 6.41. The second-order valence-electron chi connectivity index (χ2n) is 9.22. The summed E-state index contributed by atoms with van der Waals surface area (Å²) in [5.41, 5.74) is 7.60. The van der Waals surface area contributed by atoms with Gasteiger partial charge in [-0.3, -0.25) is 9.59 Å². The van der Waals surface area contributed by atoms with E-state index in [0.717, 1.165) is 48.2 Å². The molecule has 1 saturated heterocycles. The first-order chi connectivity index (χ1) is 17.8. The van der Waals surface area contributed by atoms with Crippen LogP contribution in [-0.4, -0.2) is 56.2 Å². The van der Waals surface area contributed by atoms with E-state index in [0.29, 0.717) is 18.6 Å². The first-order valence-corrected chi connectivity index (χ1v) is 12.1. The molecule has 0 amide bonds. The number of aryl methyl sites for hydroxylation is 1. The van der Waals surface area contributed by atoms with E-state index in [1.54, 1.807) is 0 Å². The number of nitrogens with one attached hydrogen (secondary N) is 2. The number of anilines is 3. The number of benzene rings is 2. The maximum absolute atomic E-state index is 11.2. The van der Waals surface area contributed by atoms with Crippen LogP contribution in [0.2, 0.25) is 5.02 Å². The van der Waals surface area contributed by atoms with Crippen molar-refractivity contribution in [3.8, 4) is 0 Å². The number of fused-ring (bicyclic) bond motifs is 3. The van der Waals surface area contributed by atoms with Crippen LogP contribution in [0, 0.1) is 6.92 Å². The molecule has 206 valence electrons. The van der Waals surface area contributed by atoms with E-state index in [2.05, 4.69) is 40.7 Å². The quantitative estimate of drug-likeness (QED) is 0.383. The van der Waals surface area contributed by atoms with Gasteiger partial charge in [-0.25, -0.2) is 0 Å². The van der Waals surface area contributed by atoms with E-state index in [1.807, 2.05) is 12.1 Å².